The van der Waals surface area contributed by atoms with Crippen LogP contribution in [0.1, 0.15) is 30.2 Å². The minimum absolute atomic E-state index is 0.820. The van der Waals surface area contributed by atoms with E-state index in [1.165, 1.54) is 11.1 Å². The molecule has 0 aliphatic rings. The highest BCUT2D eigenvalue weighted by atomic mass is 79.9. The van der Waals surface area contributed by atoms with Gasteiger partial charge in [-0.3, -0.25) is 4.90 Å². The Morgan fingerprint density at radius 3 is 2.81 bits per heavy atom. The lowest BCUT2D eigenvalue weighted by atomic mass is 10.2. The number of halogens is 1. The van der Waals surface area contributed by atoms with Crippen LogP contribution in [0.4, 0.5) is 0 Å². The predicted octanol–water partition coefficient (Wildman–Crippen LogP) is 4.17. The first-order chi connectivity index (χ1) is 10.2. The molecule has 0 spiro atoms. The summed E-state index contributed by atoms with van der Waals surface area (Å²) in [6.45, 7) is 5.82. The van der Waals surface area contributed by atoms with E-state index in [9.17, 15) is 0 Å². The van der Waals surface area contributed by atoms with E-state index in [4.69, 9.17) is 4.42 Å². The molecule has 0 radical (unpaired) electrons. The topological polar surface area (TPSA) is 28.4 Å². The van der Waals surface area contributed by atoms with Crippen molar-refractivity contribution in [2.45, 2.75) is 33.0 Å². The van der Waals surface area contributed by atoms with E-state index in [1.807, 2.05) is 12.3 Å². The first kappa shape index (κ1) is 16.3. The Labute approximate surface area is 135 Å². The lowest BCUT2D eigenvalue weighted by Gasteiger charge is -2.15. The molecule has 1 heterocycles. The number of hydrogen-bond donors (Lipinski definition) is 1. The van der Waals surface area contributed by atoms with Crippen LogP contribution in [0.15, 0.2) is 45.5 Å². The van der Waals surface area contributed by atoms with Gasteiger partial charge in [0.1, 0.15) is 5.76 Å². The van der Waals surface area contributed by atoms with Crippen molar-refractivity contribution in [1.29, 1.82) is 0 Å². The molecular formula is C17H23BrN2O. The lowest BCUT2D eigenvalue weighted by molar-refractivity contribution is 0.288. The Kier molecular flexibility index (Phi) is 6.49. The molecule has 1 aromatic carbocycles. The van der Waals surface area contributed by atoms with Crippen LogP contribution in [0, 0.1) is 0 Å². The molecule has 0 aliphatic carbocycles. The van der Waals surface area contributed by atoms with E-state index < -0.39 is 0 Å². The van der Waals surface area contributed by atoms with Crippen LogP contribution in [0.3, 0.4) is 0 Å². The van der Waals surface area contributed by atoms with Crippen LogP contribution in [-0.4, -0.2) is 18.5 Å². The summed E-state index contributed by atoms with van der Waals surface area (Å²) in [4.78, 5) is 2.25. The van der Waals surface area contributed by atoms with E-state index in [-0.39, 0.29) is 0 Å². The highest BCUT2D eigenvalue weighted by Gasteiger charge is 2.06. The van der Waals surface area contributed by atoms with Crippen molar-refractivity contribution in [3.63, 3.8) is 0 Å². The summed E-state index contributed by atoms with van der Waals surface area (Å²) in [6.07, 6.45) is 3.00. The molecule has 0 bridgehead atoms. The lowest BCUT2D eigenvalue weighted by Crippen LogP contribution is -2.17. The number of furan rings is 1. The first-order valence-electron chi connectivity index (χ1n) is 7.37. The zero-order valence-corrected chi connectivity index (χ0v) is 14.3. The van der Waals surface area contributed by atoms with Crippen LogP contribution in [0.25, 0.3) is 0 Å². The summed E-state index contributed by atoms with van der Waals surface area (Å²) >= 11 is 3.51. The fourth-order valence-corrected chi connectivity index (χ4v) is 2.73. The van der Waals surface area contributed by atoms with Gasteiger partial charge in [0, 0.05) is 23.1 Å². The Morgan fingerprint density at radius 2 is 2.05 bits per heavy atom. The van der Waals surface area contributed by atoms with E-state index in [0.29, 0.717) is 0 Å². The number of nitrogens with zero attached hydrogens (tertiary/aromatic N) is 1. The molecule has 2 rings (SSSR count). The third-order valence-corrected chi connectivity index (χ3v) is 3.72. The molecule has 0 saturated heterocycles. The second-order valence-electron chi connectivity index (χ2n) is 5.40. The standard InChI is InChI=1S/C17H23BrN2O/c1-3-7-19-10-15-9-17(21-13-15)12-20(2)11-14-5-4-6-16(18)8-14/h4-6,8-9,13,19H,3,7,10-12H2,1-2H3. The van der Waals surface area contributed by atoms with Crippen molar-refractivity contribution in [3.05, 3.63) is 58.0 Å². The largest absolute Gasteiger partial charge is 0.468 e. The molecule has 21 heavy (non-hydrogen) atoms. The van der Waals surface area contributed by atoms with Crippen molar-refractivity contribution in [1.82, 2.24) is 10.2 Å². The fraction of sp³-hybridized carbons (Fsp3) is 0.412. The Morgan fingerprint density at radius 1 is 1.19 bits per heavy atom. The minimum atomic E-state index is 0.820. The number of nitrogens with one attached hydrogen (secondary N) is 1. The summed E-state index contributed by atoms with van der Waals surface area (Å²) in [5.41, 5.74) is 2.51. The summed E-state index contributed by atoms with van der Waals surface area (Å²) < 4.78 is 6.76. The molecule has 0 amide bonds. The summed E-state index contributed by atoms with van der Waals surface area (Å²) in [6, 6.07) is 10.5. The normalized spacial score (nSPS) is 11.2. The van der Waals surface area contributed by atoms with Crippen molar-refractivity contribution in [2.24, 2.45) is 0 Å². The minimum Gasteiger partial charge on any atom is -0.468 e. The van der Waals surface area contributed by atoms with Gasteiger partial charge in [0.15, 0.2) is 0 Å². The van der Waals surface area contributed by atoms with Gasteiger partial charge in [-0.1, -0.05) is 35.0 Å². The highest BCUT2D eigenvalue weighted by molar-refractivity contribution is 9.10. The maximum absolute atomic E-state index is 5.64. The van der Waals surface area contributed by atoms with Gasteiger partial charge in [0.25, 0.3) is 0 Å². The van der Waals surface area contributed by atoms with Gasteiger partial charge in [0.2, 0.25) is 0 Å². The number of rotatable bonds is 8. The molecule has 1 aromatic heterocycles. The fourth-order valence-electron chi connectivity index (χ4n) is 2.28. The summed E-state index contributed by atoms with van der Waals surface area (Å²) in [5.74, 6) is 1.01. The molecule has 0 aliphatic heterocycles. The Bertz CT molecular complexity index is 553. The molecule has 3 nitrogen and oxygen atoms in total. The van der Waals surface area contributed by atoms with Gasteiger partial charge in [-0.15, -0.1) is 0 Å². The maximum atomic E-state index is 5.64. The van der Waals surface area contributed by atoms with Crippen molar-refractivity contribution in [3.8, 4) is 0 Å². The van der Waals surface area contributed by atoms with Crippen molar-refractivity contribution < 1.29 is 4.42 Å². The molecule has 0 saturated carbocycles. The zero-order chi connectivity index (χ0) is 15.1. The molecular weight excluding hydrogens is 328 g/mol. The van der Waals surface area contributed by atoms with Crippen LogP contribution < -0.4 is 5.32 Å². The van der Waals surface area contributed by atoms with Gasteiger partial charge < -0.3 is 9.73 Å². The first-order valence-corrected chi connectivity index (χ1v) is 8.16. The second-order valence-corrected chi connectivity index (χ2v) is 6.32. The molecule has 0 fully saturated rings. The molecule has 1 N–H and O–H groups in total. The predicted molar refractivity (Wildman–Crippen MR) is 90.0 cm³/mol. The van der Waals surface area contributed by atoms with Crippen LogP contribution in [0.2, 0.25) is 0 Å². The Hall–Kier alpha value is -1.10. The number of hydrogen-bond acceptors (Lipinski definition) is 3. The van der Waals surface area contributed by atoms with Gasteiger partial charge in [-0.05, 0) is 43.8 Å². The van der Waals surface area contributed by atoms with E-state index in [2.05, 4.69) is 64.4 Å². The van der Waals surface area contributed by atoms with Crippen LogP contribution in [-0.2, 0) is 19.6 Å². The van der Waals surface area contributed by atoms with Gasteiger partial charge in [0.05, 0.1) is 12.8 Å². The van der Waals surface area contributed by atoms with Gasteiger partial charge in [-0.2, -0.15) is 0 Å². The van der Waals surface area contributed by atoms with Gasteiger partial charge >= 0.3 is 0 Å². The SMILES string of the molecule is CCCNCc1coc(CN(C)Cc2cccc(Br)c2)c1. The summed E-state index contributed by atoms with van der Waals surface area (Å²) in [5, 5.41) is 3.39. The molecule has 2 aromatic rings. The quantitative estimate of drug-likeness (QED) is 0.724. The maximum Gasteiger partial charge on any atom is 0.118 e. The molecule has 114 valence electrons. The van der Waals surface area contributed by atoms with Crippen molar-refractivity contribution in [2.75, 3.05) is 13.6 Å². The third-order valence-electron chi connectivity index (χ3n) is 3.23. The smallest absolute Gasteiger partial charge is 0.118 e. The van der Waals surface area contributed by atoms with Crippen LogP contribution in [0.5, 0.6) is 0 Å². The summed E-state index contributed by atoms with van der Waals surface area (Å²) in [7, 11) is 2.11. The molecule has 0 atom stereocenters. The second kappa shape index (κ2) is 8.37. The number of benzene rings is 1. The highest BCUT2D eigenvalue weighted by Crippen LogP contribution is 2.15. The van der Waals surface area contributed by atoms with Gasteiger partial charge in [-0.25, -0.2) is 0 Å². The third kappa shape index (κ3) is 5.65. The molecule has 0 unspecified atom stereocenters. The van der Waals surface area contributed by atoms with Crippen molar-refractivity contribution >= 4 is 15.9 Å². The molecule has 4 heteroatoms. The Balaban J connectivity index is 1.83. The van der Waals surface area contributed by atoms with E-state index in [0.717, 1.165) is 42.8 Å². The monoisotopic (exact) mass is 350 g/mol. The average molecular weight is 351 g/mol. The average Bonchev–Trinajstić information content (AvgIpc) is 2.86. The zero-order valence-electron chi connectivity index (χ0n) is 12.7. The van der Waals surface area contributed by atoms with E-state index >= 15 is 0 Å². The van der Waals surface area contributed by atoms with E-state index in [1.54, 1.807) is 0 Å². The van der Waals surface area contributed by atoms with Crippen LogP contribution >= 0.6 is 15.9 Å².